The van der Waals surface area contributed by atoms with Gasteiger partial charge in [0.15, 0.2) is 5.78 Å². The number of Topliss-reactive ketones (excluding diaryl/α,β-unsaturated/α-hetero) is 1. The van der Waals surface area contributed by atoms with Gasteiger partial charge >= 0.3 is 5.97 Å². The van der Waals surface area contributed by atoms with E-state index in [-0.39, 0.29) is 23.7 Å². The number of ketones is 1. The van der Waals surface area contributed by atoms with Crippen LogP contribution in [0.4, 0.5) is 8.78 Å². The highest BCUT2D eigenvalue weighted by Crippen LogP contribution is 2.30. The van der Waals surface area contributed by atoms with Gasteiger partial charge in [-0.3, -0.25) is 19.5 Å². The molecule has 8 heteroatoms. The van der Waals surface area contributed by atoms with Crippen molar-refractivity contribution < 1.29 is 28.2 Å². The molecule has 0 saturated carbocycles. The molecule has 36 heavy (non-hydrogen) atoms. The normalized spacial score (nSPS) is 17.9. The first-order valence-corrected chi connectivity index (χ1v) is 11.7. The van der Waals surface area contributed by atoms with E-state index >= 15 is 0 Å². The van der Waals surface area contributed by atoms with Gasteiger partial charge in [-0.2, -0.15) is 0 Å². The van der Waals surface area contributed by atoms with Crippen LogP contribution in [-0.4, -0.2) is 53.5 Å². The Kier molecular flexibility index (Phi) is 7.91. The van der Waals surface area contributed by atoms with Crippen LogP contribution in [0.25, 0.3) is 10.9 Å². The molecule has 0 aliphatic carbocycles. The summed E-state index contributed by atoms with van der Waals surface area (Å²) in [5.74, 6) is 3.11. The summed E-state index contributed by atoms with van der Waals surface area (Å²) < 4.78 is 31.9. The van der Waals surface area contributed by atoms with E-state index in [1.54, 1.807) is 37.6 Å². The number of methoxy groups -OCH3 is 1. The average molecular weight is 493 g/mol. The molecular weight excluding hydrogens is 466 g/mol. The molecule has 2 unspecified atom stereocenters. The van der Waals surface area contributed by atoms with E-state index < -0.39 is 23.5 Å². The molecule has 4 rings (SSSR count). The van der Waals surface area contributed by atoms with Gasteiger partial charge in [0.05, 0.1) is 25.1 Å². The number of likely N-dealkylation sites (tertiary alicyclic amines) is 1. The van der Waals surface area contributed by atoms with Crippen molar-refractivity contribution in [1.29, 1.82) is 0 Å². The molecule has 3 aromatic rings. The standard InChI is InChI=1S/C28H26F2N2O4/c1-36-22-5-6-26-24(16-22)23(8-10-31-26)27(33)7-4-19-9-12-32(17-25(19)28(34)35)11-2-3-18-13-20(29)15-21(30)14-18/h5-6,8,10,13-16,19,25H,4,7,9,11-12,17H2,1H3,(H,34,35). The molecule has 0 spiro atoms. The minimum absolute atomic E-state index is 0.0598. The second kappa shape index (κ2) is 11.3. The van der Waals surface area contributed by atoms with Crippen LogP contribution in [0.2, 0.25) is 0 Å². The Balaban J connectivity index is 1.38. The molecule has 1 aliphatic heterocycles. The molecule has 0 amide bonds. The first kappa shape index (κ1) is 25.3. The topological polar surface area (TPSA) is 79.7 Å². The number of hydrogen-bond donors (Lipinski definition) is 1. The predicted molar refractivity (Wildman–Crippen MR) is 131 cm³/mol. The van der Waals surface area contributed by atoms with Crippen molar-refractivity contribution in [3.8, 4) is 17.6 Å². The third-order valence-corrected chi connectivity index (χ3v) is 6.55. The van der Waals surface area contributed by atoms with E-state index in [1.165, 1.54) is 0 Å². The molecule has 1 aliphatic rings. The van der Waals surface area contributed by atoms with Gasteiger partial charge in [0.25, 0.3) is 0 Å². The van der Waals surface area contributed by atoms with E-state index in [1.807, 2.05) is 4.90 Å². The van der Waals surface area contributed by atoms with Crippen molar-refractivity contribution in [2.75, 3.05) is 26.7 Å². The maximum atomic E-state index is 13.3. The van der Waals surface area contributed by atoms with Crippen LogP contribution in [-0.2, 0) is 4.79 Å². The molecule has 2 atom stereocenters. The second-order valence-electron chi connectivity index (χ2n) is 8.89. The zero-order valence-corrected chi connectivity index (χ0v) is 19.8. The number of fused-ring (bicyclic) bond motifs is 1. The Bertz CT molecular complexity index is 1330. The average Bonchev–Trinajstić information content (AvgIpc) is 2.86. The van der Waals surface area contributed by atoms with Crippen LogP contribution in [0.15, 0.2) is 48.7 Å². The molecule has 1 fully saturated rings. The van der Waals surface area contributed by atoms with Crippen molar-refractivity contribution in [1.82, 2.24) is 9.88 Å². The number of ether oxygens (including phenoxy) is 1. The molecule has 2 aromatic carbocycles. The van der Waals surface area contributed by atoms with Gasteiger partial charge in [-0.1, -0.05) is 11.8 Å². The molecule has 186 valence electrons. The number of aliphatic carboxylic acids is 1. The van der Waals surface area contributed by atoms with Gasteiger partial charge in [0.2, 0.25) is 0 Å². The quantitative estimate of drug-likeness (QED) is 0.385. The zero-order chi connectivity index (χ0) is 25.7. The second-order valence-corrected chi connectivity index (χ2v) is 8.89. The van der Waals surface area contributed by atoms with E-state index in [0.29, 0.717) is 54.7 Å². The van der Waals surface area contributed by atoms with Crippen molar-refractivity contribution in [3.63, 3.8) is 0 Å². The number of rotatable bonds is 7. The third kappa shape index (κ3) is 6.04. The summed E-state index contributed by atoms with van der Waals surface area (Å²) in [6, 6.07) is 10.2. The van der Waals surface area contributed by atoms with E-state index in [2.05, 4.69) is 16.8 Å². The van der Waals surface area contributed by atoms with Crippen LogP contribution < -0.4 is 4.74 Å². The van der Waals surface area contributed by atoms with Crippen molar-refractivity contribution in [3.05, 3.63) is 71.4 Å². The lowest BCUT2D eigenvalue weighted by Gasteiger charge is -2.35. The van der Waals surface area contributed by atoms with Crippen LogP contribution in [0.3, 0.4) is 0 Å². The first-order valence-electron chi connectivity index (χ1n) is 11.7. The summed E-state index contributed by atoms with van der Waals surface area (Å²) in [6.45, 7) is 1.22. The Morgan fingerprint density at radius 2 is 1.94 bits per heavy atom. The van der Waals surface area contributed by atoms with Gasteiger partial charge in [0, 0.05) is 41.7 Å². The number of carbonyl (C=O) groups is 2. The molecule has 1 saturated heterocycles. The van der Waals surface area contributed by atoms with Crippen molar-refractivity contribution in [2.24, 2.45) is 11.8 Å². The van der Waals surface area contributed by atoms with Gasteiger partial charge in [-0.05, 0) is 61.7 Å². The van der Waals surface area contributed by atoms with Crippen LogP contribution in [0, 0.1) is 35.3 Å². The summed E-state index contributed by atoms with van der Waals surface area (Å²) in [6.07, 6.45) is 2.91. The lowest BCUT2D eigenvalue weighted by atomic mass is 9.81. The summed E-state index contributed by atoms with van der Waals surface area (Å²) >= 11 is 0. The molecule has 1 aromatic heterocycles. The molecule has 6 nitrogen and oxygen atoms in total. The Labute approximate surface area is 207 Å². The van der Waals surface area contributed by atoms with Crippen LogP contribution in [0.5, 0.6) is 5.75 Å². The maximum absolute atomic E-state index is 13.3. The Morgan fingerprint density at radius 1 is 1.17 bits per heavy atom. The largest absolute Gasteiger partial charge is 0.497 e. The summed E-state index contributed by atoms with van der Waals surface area (Å²) in [5, 5.41) is 10.5. The van der Waals surface area contributed by atoms with Gasteiger partial charge in [-0.15, -0.1) is 0 Å². The summed E-state index contributed by atoms with van der Waals surface area (Å²) in [4.78, 5) is 31.3. The number of piperidine rings is 1. The summed E-state index contributed by atoms with van der Waals surface area (Å²) in [7, 11) is 1.56. The van der Waals surface area contributed by atoms with Gasteiger partial charge in [-0.25, -0.2) is 8.78 Å². The number of carboxylic acid groups (broad SMARTS) is 1. The minimum atomic E-state index is -0.906. The van der Waals surface area contributed by atoms with Crippen molar-refractivity contribution in [2.45, 2.75) is 19.3 Å². The Hall–Kier alpha value is -3.83. The van der Waals surface area contributed by atoms with E-state index in [0.717, 1.165) is 18.2 Å². The fraction of sp³-hybridized carbons (Fsp3) is 0.321. The van der Waals surface area contributed by atoms with Crippen molar-refractivity contribution >= 4 is 22.7 Å². The lowest BCUT2D eigenvalue weighted by molar-refractivity contribution is -0.146. The highest BCUT2D eigenvalue weighted by Gasteiger charge is 2.34. The zero-order valence-electron chi connectivity index (χ0n) is 19.8. The van der Waals surface area contributed by atoms with Crippen LogP contribution in [0.1, 0.15) is 35.2 Å². The van der Waals surface area contributed by atoms with Crippen LogP contribution >= 0.6 is 0 Å². The molecule has 0 bridgehead atoms. The molecule has 0 radical (unpaired) electrons. The fourth-order valence-electron chi connectivity index (χ4n) is 4.66. The molecular formula is C28H26F2N2O4. The number of hydrogen-bond acceptors (Lipinski definition) is 5. The number of benzene rings is 2. The van der Waals surface area contributed by atoms with E-state index in [4.69, 9.17) is 4.74 Å². The molecule has 2 heterocycles. The lowest BCUT2D eigenvalue weighted by Crippen LogP contribution is -2.44. The minimum Gasteiger partial charge on any atom is -0.497 e. The van der Waals surface area contributed by atoms with Gasteiger partial charge in [0.1, 0.15) is 17.4 Å². The van der Waals surface area contributed by atoms with Gasteiger partial charge < -0.3 is 9.84 Å². The van der Waals surface area contributed by atoms with E-state index in [9.17, 15) is 23.5 Å². The number of carboxylic acids is 1. The maximum Gasteiger partial charge on any atom is 0.308 e. The predicted octanol–water partition coefficient (Wildman–Crippen LogP) is 4.56. The number of carbonyl (C=O) groups excluding carboxylic acids is 1. The summed E-state index contributed by atoms with van der Waals surface area (Å²) in [5.41, 5.74) is 1.48. The first-order chi connectivity index (χ1) is 17.3. The highest BCUT2D eigenvalue weighted by molar-refractivity contribution is 6.07. The monoisotopic (exact) mass is 492 g/mol. The SMILES string of the molecule is COc1ccc2nccc(C(=O)CCC3CCN(CC#Cc4cc(F)cc(F)c4)CC3C(=O)O)c2c1. The number of aromatic nitrogens is 1. The number of pyridine rings is 1. The fourth-order valence-corrected chi connectivity index (χ4v) is 4.66. The molecule has 1 N–H and O–H groups in total. The third-order valence-electron chi connectivity index (χ3n) is 6.55. The number of halogens is 2. The Morgan fingerprint density at radius 3 is 2.67 bits per heavy atom. The smallest absolute Gasteiger partial charge is 0.308 e. The highest BCUT2D eigenvalue weighted by atomic mass is 19.1. The number of nitrogens with zero attached hydrogens (tertiary/aromatic N) is 2.